The van der Waals surface area contributed by atoms with Crippen molar-refractivity contribution in [2.24, 2.45) is 0 Å². The second-order valence-corrected chi connectivity index (χ2v) is 5.78. The SMILES string of the molecule is COc1ccc(-n2ccc(CNC(=O)c3ccc(OC)c([N+](=O)[O-])c3)n2)cc1. The van der Waals surface area contributed by atoms with E-state index in [-0.39, 0.29) is 23.5 Å². The molecule has 3 rings (SSSR count). The molecule has 0 aliphatic heterocycles. The molecule has 0 unspecified atom stereocenters. The summed E-state index contributed by atoms with van der Waals surface area (Å²) in [5, 5.41) is 18.2. The van der Waals surface area contributed by atoms with Gasteiger partial charge in [0.15, 0.2) is 5.75 Å². The first-order valence-corrected chi connectivity index (χ1v) is 8.31. The van der Waals surface area contributed by atoms with Crippen LogP contribution in [0.15, 0.2) is 54.7 Å². The second-order valence-electron chi connectivity index (χ2n) is 5.78. The molecule has 3 aromatic rings. The monoisotopic (exact) mass is 382 g/mol. The molecule has 0 saturated carbocycles. The summed E-state index contributed by atoms with van der Waals surface area (Å²) >= 11 is 0. The van der Waals surface area contributed by atoms with E-state index in [0.717, 1.165) is 11.4 Å². The van der Waals surface area contributed by atoms with Crippen LogP contribution in [0, 0.1) is 10.1 Å². The first-order chi connectivity index (χ1) is 13.5. The molecule has 1 aromatic heterocycles. The fourth-order valence-corrected chi connectivity index (χ4v) is 2.58. The number of hydrogen-bond donors (Lipinski definition) is 1. The van der Waals surface area contributed by atoms with Gasteiger partial charge in [-0.05, 0) is 42.5 Å². The molecule has 0 aliphatic rings. The standard InChI is InChI=1S/C19H18N4O5/c1-27-16-6-4-15(5-7-16)22-10-9-14(21-22)12-20-19(24)13-3-8-18(28-2)17(11-13)23(25)26/h3-11H,12H2,1-2H3,(H,20,24). The molecule has 0 aliphatic carbocycles. The summed E-state index contributed by atoms with van der Waals surface area (Å²) in [6, 6.07) is 13.2. The first-order valence-electron chi connectivity index (χ1n) is 8.31. The lowest BCUT2D eigenvalue weighted by Gasteiger charge is -2.06. The Hall–Kier alpha value is -3.88. The fraction of sp³-hybridized carbons (Fsp3) is 0.158. The van der Waals surface area contributed by atoms with Crippen LogP contribution in [0.2, 0.25) is 0 Å². The average Bonchev–Trinajstić information content (AvgIpc) is 3.20. The van der Waals surface area contributed by atoms with Gasteiger partial charge in [0.1, 0.15) is 5.75 Å². The van der Waals surface area contributed by atoms with Crippen LogP contribution >= 0.6 is 0 Å². The molecule has 28 heavy (non-hydrogen) atoms. The van der Waals surface area contributed by atoms with Gasteiger partial charge in [0, 0.05) is 17.8 Å². The van der Waals surface area contributed by atoms with Gasteiger partial charge in [-0.3, -0.25) is 14.9 Å². The van der Waals surface area contributed by atoms with E-state index in [2.05, 4.69) is 10.4 Å². The van der Waals surface area contributed by atoms with Crippen molar-refractivity contribution in [2.45, 2.75) is 6.54 Å². The second kappa shape index (κ2) is 8.21. The zero-order valence-electron chi connectivity index (χ0n) is 15.3. The summed E-state index contributed by atoms with van der Waals surface area (Å²) in [5.41, 5.74) is 1.40. The summed E-state index contributed by atoms with van der Waals surface area (Å²) < 4.78 is 11.7. The van der Waals surface area contributed by atoms with E-state index < -0.39 is 10.8 Å². The Morgan fingerprint density at radius 3 is 2.54 bits per heavy atom. The molecule has 0 bridgehead atoms. The highest BCUT2D eigenvalue weighted by Gasteiger charge is 2.18. The van der Waals surface area contributed by atoms with Crippen molar-refractivity contribution < 1.29 is 19.2 Å². The van der Waals surface area contributed by atoms with Gasteiger partial charge in [-0.2, -0.15) is 5.10 Å². The van der Waals surface area contributed by atoms with E-state index in [1.807, 2.05) is 24.3 Å². The number of rotatable bonds is 7. The van der Waals surface area contributed by atoms with Gasteiger partial charge in [0.25, 0.3) is 5.91 Å². The number of amides is 1. The summed E-state index contributed by atoms with van der Waals surface area (Å²) in [6.07, 6.45) is 1.78. The minimum absolute atomic E-state index is 0.0970. The Kier molecular flexibility index (Phi) is 5.54. The van der Waals surface area contributed by atoms with E-state index >= 15 is 0 Å². The molecular formula is C19H18N4O5. The number of nitro benzene ring substituents is 1. The van der Waals surface area contributed by atoms with Gasteiger partial charge in [0.05, 0.1) is 37.1 Å². The maximum absolute atomic E-state index is 12.3. The van der Waals surface area contributed by atoms with Crippen LogP contribution in [-0.4, -0.2) is 34.8 Å². The quantitative estimate of drug-likeness (QED) is 0.497. The number of carbonyl (C=O) groups is 1. The van der Waals surface area contributed by atoms with Crippen molar-refractivity contribution in [1.82, 2.24) is 15.1 Å². The van der Waals surface area contributed by atoms with Crippen molar-refractivity contribution in [3.05, 3.63) is 76.1 Å². The smallest absolute Gasteiger partial charge is 0.311 e. The molecule has 144 valence electrons. The van der Waals surface area contributed by atoms with Crippen LogP contribution in [0.3, 0.4) is 0 Å². The third kappa shape index (κ3) is 4.09. The Morgan fingerprint density at radius 2 is 1.89 bits per heavy atom. The molecule has 0 saturated heterocycles. The minimum Gasteiger partial charge on any atom is -0.497 e. The van der Waals surface area contributed by atoms with Crippen LogP contribution in [0.1, 0.15) is 16.1 Å². The largest absolute Gasteiger partial charge is 0.497 e. The molecule has 0 radical (unpaired) electrons. The normalized spacial score (nSPS) is 10.4. The number of methoxy groups -OCH3 is 2. The average molecular weight is 382 g/mol. The number of nitrogens with zero attached hydrogens (tertiary/aromatic N) is 3. The number of carbonyl (C=O) groups excluding carboxylic acids is 1. The highest BCUT2D eigenvalue weighted by Crippen LogP contribution is 2.27. The molecule has 1 N–H and O–H groups in total. The highest BCUT2D eigenvalue weighted by molar-refractivity contribution is 5.95. The Labute approximate surface area is 160 Å². The number of aromatic nitrogens is 2. The Bertz CT molecular complexity index is 998. The zero-order valence-corrected chi connectivity index (χ0v) is 15.3. The van der Waals surface area contributed by atoms with Crippen LogP contribution in [0.4, 0.5) is 5.69 Å². The maximum atomic E-state index is 12.3. The third-order valence-corrected chi connectivity index (χ3v) is 4.05. The van der Waals surface area contributed by atoms with E-state index in [0.29, 0.717) is 5.69 Å². The van der Waals surface area contributed by atoms with Crippen molar-refractivity contribution in [3.8, 4) is 17.2 Å². The van der Waals surface area contributed by atoms with Crippen molar-refractivity contribution >= 4 is 11.6 Å². The van der Waals surface area contributed by atoms with E-state index in [4.69, 9.17) is 9.47 Å². The van der Waals surface area contributed by atoms with Crippen LogP contribution in [-0.2, 0) is 6.54 Å². The van der Waals surface area contributed by atoms with Crippen LogP contribution in [0.25, 0.3) is 5.69 Å². The summed E-state index contributed by atoms with van der Waals surface area (Å²) in [6.45, 7) is 0.182. The van der Waals surface area contributed by atoms with Crippen molar-refractivity contribution in [3.63, 3.8) is 0 Å². The molecule has 2 aromatic carbocycles. The fourth-order valence-electron chi connectivity index (χ4n) is 2.58. The summed E-state index contributed by atoms with van der Waals surface area (Å²) in [5.74, 6) is 0.404. The van der Waals surface area contributed by atoms with E-state index in [1.54, 1.807) is 24.1 Å². The molecule has 1 amide bonds. The molecule has 1 heterocycles. The highest BCUT2D eigenvalue weighted by atomic mass is 16.6. The molecular weight excluding hydrogens is 364 g/mol. The zero-order chi connectivity index (χ0) is 20.1. The number of nitrogens with one attached hydrogen (secondary N) is 1. The molecule has 9 nitrogen and oxygen atoms in total. The van der Waals surface area contributed by atoms with Gasteiger partial charge in [-0.1, -0.05) is 0 Å². The molecule has 9 heteroatoms. The maximum Gasteiger partial charge on any atom is 0.311 e. The Balaban J connectivity index is 1.67. The van der Waals surface area contributed by atoms with Gasteiger partial charge >= 0.3 is 5.69 Å². The van der Waals surface area contributed by atoms with Gasteiger partial charge in [-0.25, -0.2) is 4.68 Å². The molecule has 0 spiro atoms. The molecule has 0 fully saturated rings. The topological polar surface area (TPSA) is 109 Å². The van der Waals surface area contributed by atoms with E-state index in [1.165, 1.54) is 25.3 Å². The lowest BCUT2D eigenvalue weighted by molar-refractivity contribution is -0.385. The predicted octanol–water partition coefficient (Wildman–Crippen LogP) is 2.73. The van der Waals surface area contributed by atoms with Crippen LogP contribution < -0.4 is 14.8 Å². The number of hydrogen-bond acceptors (Lipinski definition) is 6. The first kappa shape index (κ1) is 18.9. The predicted molar refractivity (Wildman–Crippen MR) is 101 cm³/mol. The number of ether oxygens (including phenoxy) is 2. The third-order valence-electron chi connectivity index (χ3n) is 4.05. The number of benzene rings is 2. The van der Waals surface area contributed by atoms with Gasteiger partial charge in [0.2, 0.25) is 0 Å². The Morgan fingerprint density at radius 1 is 1.14 bits per heavy atom. The lowest BCUT2D eigenvalue weighted by atomic mass is 10.1. The minimum atomic E-state index is -0.591. The molecule has 0 atom stereocenters. The number of nitro groups is 1. The van der Waals surface area contributed by atoms with Gasteiger partial charge < -0.3 is 14.8 Å². The lowest BCUT2D eigenvalue weighted by Crippen LogP contribution is -2.23. The van der Waals surface area contributed by atoms with Crippen molar-refractivity contribution in [2.75, 3.05) is 14.2 Å². The van der Waals surface area contributed by atoms with Crippen molar-refractivity contribution in [1.29, 1.82) is 0 Å². The van der Waals surface area contributed by atoms with Gasteiger partial charge in [-0.15, -0.1) is 0 Å². The summed E-state index contributed by atoms with van der Waals surface area (Å²) in [7, 11) is 2.93. The van der Waals surface area contributed by atoms with Crippen LogP contribution in [0.5, 0.6) is 11.5 Å². The summed E-state index contributed by atoms with van der Waals surface area (Å²) in [4.78, 5) is 22.8. The van der Waals surface area contributed by atoms with E-state index in [9.17, 15) is 14.9 Å².